The number of alkyl halides is 3. The second-order valence-electron chi connectivity index (χ2n) is 3.91. The molecular weight excluding hydrogens is 296 g/mol. The Hall–Kier alpha value is -2.78. The molecule has 0 unspecified atom stereocenters. The minimum Gasteiger partial charge on any atom is -0.378 e. The van der Waals surface area contributed by atoms with Crippen LogP contribution in [-0.4, -0.2) is 14.9 Å². The van der Waals surface area contributed by atoms with E-state index in [1.165, 1.54) is 0 Å². The summed E-state index contributed by atoms with van der Waals surface area (Å²) in [6.07, 6.45) is -4.07. The van der Waals surface area contributed by atoms with Crippen molar-refractivity contribution in [1.82, 2.24) is 9.97 Å². The van der Waals surface area contributed by atoms with Crippen molar-refractivity contribution in [3.05, 3.63) is 46.0 Å². The van der Waals surface area contributed by atoms with Crippen LogP contribution in [0.4, 0.5) is 29.1 Å². The Kier molecular flexibility index (Phi) is 3.45. The Morgan fingerprint density at radius 3 is 2.48 bits per heavy atom. The molecule has 21 heavy (non-hydrogen) atoms. The normalized spacial score (nSPS) is 11.4. The lowest BCUT2D eigenvalue weighted by Crippen LogP contribution is -2.09. The van der Waals surface area contributed by atoms with E-state index in [1.54, 1.807) is 0 Å². The van der Waals surface area contributed by atoms with Gasteiger partial charge in [0.05, 0.1) is 10.5 Å². The van der Waals surface area contributed by atoms with Crippen LogP contribution in [0.3, 0.4) is 0 Å². The van der Waals surface area contributed by atoms with E-state index >= 15 is 0 Å². The predicted octanol–water partition coefficient (Wildman–Crippen LogP) is 2.79. The Balaban J connectivity index is 2.69. The third-order valence-electron chi connectivity index (χ3n) is 2.58. The SMILES string of the molecule is Nc1ncnc(-c2ccc(F)c(C(F)(F)F)c2)c1[N+](=O)[O-]. The average Bonchev–Trinajstić information content (AvgIpc) is 2.37. The molecule has 6 nitrogen and oxygen atoms in total. The van der Waals surface area contributed by atoms with Crippen LogP contribution in [0.25, 0.3) is 11.3 Å². The quantitative estimate of drug-likeness (QED) is 0.523. The van der Waals surface area contributed by atoms with Gasteiger partial charge in [-0.1, -0.05) is 0 Å². The molecule has 2 N–H and O–H groups in total. The topological polar surface area (TPSA) is 94.9 Å². The predicted molar refractivity (Wildman–Crippen MR) is 63.5 cm³/mol. The molecule has 10 heteroatoms. The summed E-state index contributed by atoms with van der Waals surface area (Å²) >= 11 is 0. The van der Waals surface area contributed by atoms with Crippen LogP contribution >= 0.6 is 0 Å². The third-order valence-corrected chi connectivity index (χ3v) is 2.58. The van der Waals surface area contributed by atoms with Gasteiger partial charge >= 0.3 is 11.9 Å². The monoisotopic (exact) mass is 302 g/mol. The van der Waals surface area contributed by atoms with E-state index in [0.29, 0.717) is 12.1 Å². The van der Waals surface area contributed by atoms with Gasteiger partial charge in [-0.2, -0.15) is 13.2 Å². The van der Waals surface area contributed by atoms with Gasteiger partial charge in [-0.25, -0.2) is 14.4 Å². The van der Waals surface area contributed by atoms with Gasteiger partial charge < -0.3 is 5.73 Å². The molecular formula is C11H6F4N4O2. The molecule has 2 rings (SSSR count). The summed E-state index contributed by atoms with van der Waals surface area (Å²) in [7, 11) is 0. The van der Waals surface area contributed by atoms with Crippen molar-refractivity contribution in [3.8, 4) is 11.3 Å². The molecule has 0 aliphatic rings. The summed E-state index contributed by atoms with van der Waals surface area (Å²) in [6, 6.07) is 1.93. The van der Waals surface area contributed by atoms with Crippen LogP contribution in [0.15, 0.2) is 24.5 Å². The molecule has 0 radical (unpaired) electrons. The summed E-state index contributed by atoms with van der Waals surface area (Å²) < 4.78 is 51.2. The molecule has 0 amide bonds. The molecule has 0 aliphatic carbocycles. The third kappa shape index (κ3) is 2.73. The van der Waals surface area contributed by atoms with Gasteiger partial charge in [0, 0.05) is 5.56 Å². The number of aromatic nitrogens is 2. The lowest BCUT2D eigenvalue weighted by molar-refractivity contribution is -0.383. The highest BCUT2D eigenvalue weighted by molar-refractivity contribution is 5.75. The first kappa shape index (κ1) is 14.6. The highest BCUT2D eigenvalue weighted by Gasteiger charge is 2.35. The summed E-state index contributed by atoms with van der Waals surface area (Å²) in [5.41, 5.74) is 2.33. The van der Waals surface area contributed by atoms with E-state index in [-0.39, 0.29) is 5.56 Å². The van der Waals surface area contributed by atoms with Crippen LogP contribution in [0.5, 0.6) is 0 Å². The highest BCUT2D eigenvalue weighted by atomic mass is 19.4. The standard InChI is InChI=1S/C11H6F4N4O2/c12-7-2-1-5(3-6(7)11(13,14)15)8-9(19(20)21)10(16)18-4-17-8/h1-4H,(H2,16,17,18). The van der Waals surface area contributed by atoms with E-state index in [4.69, 9.17) is 5.73 Å². The van der Waals surface area contributed by atoms with Crippen LogP contribution in [0.1, 0.15) is 5.56 Å². The van der Waals surface area contributed by atoms with Gasteiger partial charge in [-0.15, -0.1) is 0 Å². The van der Waals surface area contributed by atoms with Gasteiger partial charge in [-0.3, -0.25) is 10.1 Å². The van der Waals surface area contributed by atoms with Gasteiger partial charge in [-0.05, 0) is 18.2 Å². The Morgan fingerprint density at radius 2 is 1.90 bits per heavy atom. The molecule has 1 aromatic carbocycles. The Morgan fingerprint density at radius 1 is 1.24 bits per heavy atom. The van der Waals surface area contributed by atoms with Crippen LogP contribution in [0.2, 0.25) is 0 Å². The molecule has 0 saturated carbocycles. The highest BCUT2D eigenvalue weighted by Crippen LogP contribution is 2.36. The van der Waals surface area contributed by atoms with Gasteiger partial charge in [0.15, 0.2) is 5.69 Å². The van der Waals surface area contributed by atoms with E-state index in [0.717, 1.165) is 12.4 Å². The number of hydrogen-bond donors (Lipinski definition) is 1. The molecule has 0 atom stereocenters. The van der Waals surface area contributed by atoms with E-state index < -0.39 is 39.7 Å². The average molecular weight is 302 g/mol. The number of nitrogen functional groups attached to an aromatic ring is 1. The minimum atomic E-state index is -4.94. The summed E-state index contributed by atoms with van der Waals surface area (Å²) in [5, 5.41) is 10.9. The largest absolute Gasteiger partial charge is 0.419 e. The molecule has 1 heterocycles. The second-order valence-corrected chi connectivity index (χ2v) is 3.91. The van der Waals surface area contributed by atoms with Crippen LogP contribution in [-0.2, 0) is 6.18 Å². The van der Waals surface area contributed by atoms with Crippen molar-refractivity contribution in [2.75, 3.05) is 5.73 Å². The first-order valence-corrected chi connectivity index (χ1v) is 5.34. The van der Waals surface area contributed by atoms with E-state index in [1.807, 2.05) is 0 Å². The lowest BCUT2D eigenvalue weighted by Gasteiger charge is -2.10. The molecule has 1 aromatic heterocycles. The summed E-state index contributed by atoms with van der Waals surface area (Å²) in [5.74, 6) is -1.99. The number of benzene rings is 1. The van der Waals surface area contributed by atoms with Crippen molar-refractivity contribution in [3.63, 3.8) is 0 Å². The molecule has 0 fully saturated rings. The zero-order valence-corrected chi connectivity index (χ0v) is 10.1. The number of nitrogens with two attached hydrogens (primary N) is 1. The number of hydrogen-bond acceptors (Lipinski definition) is 5. The van der Waals surface area contributed by atoms with Gasteiger partial charge in [0.1, 0.15) is 12.1 Å². The van der Waals surface area contributed by atoms with Crippen LogP contribution < -0.4 is 5.73 Å². The maximum Gasteiger partial charge on any atom is 0.419 e. The Bertz CT molecular complexity index is 718. The molecule has 110 valence electrons. The smallest absolute Gasteiger partial charge is 0.378 e. The first-order valence-electron chi connectivity index (χ1n) is 5.34. The molecule has 0 saturated heterocycles. The zero-order valence-electron chi connectivity index (χ0n) is 10.1. The lowest BCUT2D eigenvalue weighted by atomic mass is 10.1. The fraction of sp³-hybridized carbons (Fsp3) is 0.0909. The maximum absolute atomic E-state index is 13.2. The molecule has 0 bridgehead atoms. The van der Waals surface area contributed by atoms with Crippen molar-refractivity contribution in [2.45, 2.75) is 6.18 Å². The number of anilines is 1. The maximum atomic E-state index is 13.2. The second kappa shape index (κ2) is 4.96. The van der Waals surface area contributed by atoms with E-state index in [9.17, 15) is 27.7 Å². The van der Waals surface area contributed by atoms with Crippen molar-refractivity contribution >= 4 is 11.5 Å². The molecule has 0 spiro atoms. The first-order chi connectivity index (χ1) is 9.71. The fourth-order valence-electron chi connectivity index (χ4n) is 1.67. The van der Waals surface area contributed by atoms with E-state index in [2.05, 4.69) is 9.97 Å². The number of halogens is 4. The summed E-state index contributed by atoms with van der Waals surface area (Å²) in [6.45, 7) is 0. The van der Waals surface area contributed by atoms with Crippen molar-refractivity contribution in [1.29, 1.82) is 0 Å². The van der Waals surface area contributed by atoms with Crippen molar-refractivity contribution in [2.24, 2.45) is 0 Å². The van der Waals surface area contributed by atoms with Crippen molar-refractivity contribution < 1.29 is 22.5 Å². The summed E-state index contributed by atoms with van der Waals surface area (Å²) in [4.78, 5) is 17.0. The fourth-order valence-corrected chi connectivity index (χ4v) is 1.67. The zero-order chi connectivity index (χ0) is 15.8. The Labute approximate surface area is 114 Å². The molecule has 2 aromatic rings. The number of nitro groups is 1. The number of nitrogens with zero attached hydrogens (tertiary/aromatic N) is 3. The number of rotatable bonds is 2. The van der Waals surface area contributed by atoms with Gasteiger partial charge in [0.25, 0.3) is 0 Å². The van der Waals surface area contributed by atoms with Gasteiger partial charge in [0.2, 0.25) is 5.82 Å². The molecule has 0 aliphatic heterocycles. The minimum absolute atomic E-state index is 0.287. The van der Waals surface area contributed by atoms with Crippen LogP contribution in [0, 0.1) is 15.9 Å².